The van der Waals surface area contributed by atoms with Crippen LogP contribution in [-0.4, -0.2) is 25.6 Å². The zero-order chi connectivity index (χ0) is 18.6. The minimum atomic E-state index is -0.780. The van der Waals surface area contributed by atoms with E-state index in [2.05, 4.69) is 0 Å². The molecule has 0 saturated heterocycles. The minimum Gasteiger partial charge on any atom is -0.497 e. The molecule has 0 heterocycles. The van der Waals surface area contributed by atoms with Crippen LogP contribution in [-0.2, 0) is 4.79 Å². The molecule has 0 fully saturated rings. The molecule has 0 aliphatic carbocycles. The third-order valence-electron chi connectivity index (χ3n) is 3.00. The van der Waals surface area contributed by atoms with Crippen molar-refractivity contribution in [2.75, 3.05) is 13.7 Å². The van der Waals surface area contributed by atoms with E-state index in [0.717, 1.165) is 0 Å². The number of carbonyl (C=O) groups excluding carboxylic acids is 2. The maximum Gasteiger partial charge on any atom is 0.349 e. The monoisotopic (exact) mass is 403 g/mol. The van der Waals surface area contributed by atoms with Crippen molar-refractivity contribution < 1.29 is 23.8 Å². The second kappa shape index (κ2) is 8.29. The van der Waals surface area contributed by atoms with Gasteiger partial charge in [0.2, 0.25) is 0 Å². The van der Waals surface area contributed by atoms with Crippen molar-refractivity contribution in [2.45, 2.75) is 0 Å². The van der Waals surface area contributed by atoms with Crippen LogP contribution in [0.5, 0.6) is 17.2 Å². The van der Waals surface area contributed by atoms with Crippen LogP contribution in [0, 0.1) is 0 Å². The second-order valence-electron chi connectivity index (χ2n) is 4.69. The van der Waals surface area contributed by atoms with Gasteiger partial charge < -0.3 is 19.9 Å². The Bertz CT molecular complexity index is 826. The molecule has 9 heteroatoms. The SMILES string of the molecule is COc1ccc(C(N)=O)c(OC(=O)COc2cc(Cl)c(Cl)cc2Cl)c1. The second-order valence-corrected chi connectivity index (χ2v) is 5.91. The van der Waals surface area contributed by atoms with E-state index in [1.807, 2.05) is 0 Å². The first-order chi connectivity index (χ1) is 11.8. The van der Waals surface area contributed by atoms with Crippen LogP contribution < -0.4 is 19.9 Å². The lowest BCUT2D eigenvalue weighted by atomic mass is 10.2. The zero-order valence-corrected chi connectivity index (χ0v) is 15.1. The van der Waals surface area contributed by atoms with Crippen molar-refractivity contribution in [1.29, 1.82) is 0 Å². The number of amides is 1. The molecule has 25 heavy (non-hydrogen) atoms. The molecule has 2 N–H and O–H groups in total. The van der Waals surface area contributed by atoms with E-state index in [0.29, 0.717) is 5.75 Å². The molecule has 0 aliphatic heterocycles. The molecule has 2 aromatic rings. The summed E-state index contributed by atoms with van der Waals surface area (Å²) in [6.07, 6.45) is 0. The Kier molecular flexibility index (Phi) is 6.36. The third-order valence-corrected chi connectivity index (χ3v) is 4.02. The Morgan fingerprint density at radius 2 is 1.68 bits per heavy atom. The topological polar surface area (TPSA) is 87.9 Å². The number of rotatable bonds is 6. The molecule has 0 radical (unpaired) electrons. The Morgan fingerprint density at radius 3 is 2.32 bits per heavy atom. The van der Waals surface area contributed by atoms with E-state index in [4.69, 9.17) is 54.7 Å². The number of esters is 1. The van der Waals surface area contributed by atoms with Gasteiger partial charge in [0.1, 0.15) is 17.2 Å². The molecule has 2 rings (SSSR count). The van der Waals surface area contributed by atoms with Crippen LogP contribution in [0.2, 0.25) is 15.1 Å². The van der Waals surface area contributed by atoms with Gasteiger partial charge in [-0.2, -0.15) is 0 Å². The third kappa shape index (κ3) is 4.92. The van der Waals surface area contributed by atoms with E-state index in [9.17, 15) is 9.59 Å². The first kappa shape index (κ1) is 19.2. The van der Waals surface area contributed by atoms with E-state index >= 15 is 0 Å². The summed E-state index contributed by atoms with van der Waals surface area (Å²) in [6.45, 7) is -0.479. The van der Waals surface area contributed by atoms with Gasteiger partial charge in [0.15, 0.2) is 6.61 Å². The van der Waals surface area contributed by atoms with Crippen LogP contribution in [0.3, 0.4) is 0 Å². The van der Waals surface area contributed by atoms with Crippen molar-refractivity contribution in [3.8, 4) is 17.2 Å². The van der Waals surface area contributed by atoms with Gasteiger partial charge in [0, 0.05) is 12.1 Å². The molecule has 0 atom stereocenters. The fraction of sp³-hybridized carbons (Fsp3) is 0.125. The standard InChI is InChI=1S/C16H12Cl3NO5/c1-23-8-2-3-9(16(20)22)13(4-8)25-15(21)7-24-14-6-11(18)10(17)5-12(14)19/h2-6H,7H2,1H3,(H2,20,22). The molecule has 6 nitrogen and oxygen atoms in total. The molecule has 132 valence electrons. The molecule has 0 aromatic heterocycles. The van der Waals surface area contributed by atoms with Gasteiger partial charge >= 0.3 is 5.97 Å². The molecular formula is C16H12Cl3NO5. The first-order valence-corrected chi connectivity index (χ1v) is 7.91. The highest BCUT2D eigenvalue weighted by Crippen LogP contribution is 2.34. The fourth-order valence-corrected chi connectivity index (χ4v) is 2.41. The summed E-state index contributed by atoms with van der Waals surface area (Å²) in [5.41, 5.74) is 5.28. The summed E-state index contributed by atoms with van der Waals surface area (Å²) in [7, 11) is 1.43. The average Bonchev–Trinajstić information content (AvgIpc) is 2.56. The molecule has 0 spiro atoms. The van der Waals surface area contributed by atoms with Crippen LogP contribution in [0.1, 0.15) is 10.4 Å². The van der Waals surface area contributed by atoms with Crippen molar-refractivity contribution in [3.63, 3.8) is 0 Å². The van der Waals surface area contributed by atoms with E-state index in [-0.39, 0.29) is 32.1 Å². The van der Waals surface area contributed by atoms with Crippen LogP contribution >= 0.6 is 34.8 Å². The van der Waals surface area contributed by atoms with Gasteiger partial charge in [-0.05, 0) is 18.2 Å². The quantitative estimate of drug-likeness (QED) is 0.450. The Balaban J connectivity index is 2.10. The van der Waals surface area contributed by atoms with Crippen molar-refractivity contribution in [2.24, 2.45) is 5.73 Å². The molecule has 0 aliphatic rings. The summed E-state index contributed by atoms with van der Waals surface area (Å²) in [5.74, 6) is -1.02. The normalized spacial score (nSPS) is 10.2. The number of methoxy groups -OCH3 is 1. The summed E-state index contributed by atoms with van der Waals surface area (Å²) >= 11 is 17.6. The lowest BCUT2D eigenvalue weighted by Crippen LogP contribution is -2.20. The van der Waals surface area contributed by atoms with Gasteiger partial charge in [-0.3, -0.25) is 4.79 Å². The predicted octanol–water partition coefficient (Wildman–Crippen LogP) is 3.74. The van der Waals surface area contributed by atoms with Gasteiger partial charge in [0.25, 0.3) is 5.91 Å². The number of ether oxygens (including phenoxy) is 3. The van der Waals surface area contributed by atoms with Gasteiger partial charge in [0.05, 0.1) is 27.7 Å². The highest BCUT2D eigenvalue weighted by Gasteiger charge is 2.16. The number of hydrogen-bond donors (Lipinski definition) is 1. The van der Waals surface area contributed by atoms with Gasteiger partial charge in [-0.25, -0.2) is 4.79 Å². The Hall–Kier alpha value is -2.15. The smallest absolute Gasteiger partial charge is 0.349 e. The average molecular weight is 405 g/mol. The van der Waals surface area contributed by atoms with Crippen molar-refractivity contribution in [3.05, 3.63) is 51.0 Å². The molecular weight excluding hydrogens is 393 g/mol. The Labute approximate surface area is 158 Å². The van der Waals surface area contributed by atoms with Crippen LogP contribution in [0.4, 0.5) is 0 Å². The minimum absolute atomic E-state index is 0.0294. The molecule has 0 saturated carbocycles. The van der Waals surface area contributed by atoms with Crippen LogP contribution in [0.15, 0.2) is 30.3 Å². The Morgan fingerprint density at radius 1 is 1.00 bits per heavy atom. The maximum atomic E-state index is 12.0. The maximum absolute atomic E-state index is 12.0. The van der Waals surface area contributed by atoms with Crippen molar-refractivity contribution in [1.82, 2.24) is 0 Å². The number of carbonyl (C=O) groups is 2. The lowest BCUT2D eigenvalue weighted by molar-refractivity contribution is -0.136. The first-order valence-electron chi connectivity index (χ1n) is 6.77. The molecule has 1 amide bonds. The molecule has 0 bridgehead atoms. The number of nitrogens with two attached hydrogens (primary N) is 1. The fourth-order valence-electron chi connectivity index (χ4n) is 1.82. The molecule has 2 aromatic carbocycles. The van der Waals surface area contributed by atoms with E-state index in [1.54, 1.807) is 0 Å². The summed E-state index contributed by atoms with van der Waals surface area (Å²) in [4.78, 5) is 23.4. The van der Waals surface area contributed by atoms with Gasteiger partial charge in [-0.15, -0.1) is 0 Å². The number of hydrogen-bond acceptors (Lipinski definition) is 5. The largest absolute Gasteiger partial charge is 0.497 e. The van der Waals surface area contributed by atoms with Crippen molar-refractivity contribution >= 4 is 46.7 Å². The van der Waals surface area contributed by atoms with E-state index in [1.165, 1.54) is 37.4 Å². The summed E-state index contributed by atoms with van der Waals surface area (Å²) in [6, 6.07) is 7.03. The van der Waals surface area contributed by atoms with Gasteiger partial charge in [-0.1, -0.05) is 34.8 Å². The predicted molar refractivity (Wildman–Crippen MR) is 94.1 cm³/mol. The molecule has 0 unspecified atom stereocenters. The summed E-state index contributed by atoms with van der Waals surface area (Å²) < 4.78 is 15.4. The highest BCUT2D eigenvalue weighted by molar-refractivity contribution is 6.43. The van der Waals surface area contributed by atoms with Crippen LogP contribution in [0.25, 0.3) is 0 Å². The number of primary amides is 1. The summed E-state index contributed by atoms with van der Waals surface area (Å²) in [5, 5.41) is 0.656. The highest BCUT2D eigenvalue weighted by atomic mass is 35.5. The number of benzene rings is 2. The zero-order valence-electron chi connectivity index (χ0n) is 12.8. The lowest BCUT2D eigenvalue weighted by Gasteiger charge is -2.11. The van der Waals surface area contributed by atoms with E-state index < -0.39 is 18.5 Å². The number of halogens is 3.